The number of ether oxygens (including phenoxy) is 2. The topological polar surface area (TPSA) is 210 Å². The Morgan fingerprint density at radius 1 is 0.608 bits per heavy atom. The molecule has 392 valence electrons. The number of carbonyl (C=O) groups excluding carboxylic acids is 1. The molecule has 2 aliphatic heterocycles. The number of aliphatic carboxylic acids is 1. The van der Waals surface area contributed by atoms with E-state index in [9.17, 15) is 9.59 Å². The number of hydrogen-bond acceptors (Lipinski definition) is 13. The molecule has 2 aromatic carbocycles. The molecule has 19 nitrogen and oxygen atoms in total. The Balaban J connectivity index is 0.000000179. The maximum atomic E-state index is 13.0. The lowest BCUT2D eigenvalue weighted by molar-refractivity contribution is -0.137. The third-order valence-electron chi connectivity index (χ3n) is 14.0. The summed E-state index contributed by atoms with van der Waals surface area (Å²) in [7, 11) is 3.43. The summed E-state index contributed by atoms with van der Waals surface area (Å²) in [6, 6.07) is 24.2. The second-order valence-corrected chi connectivity index (χ2v) is 19.1. The van der Waals surface area contributed by atoms with Crippen LogP contribution in [0.15, 0.2) is 72.8 Å². The molecule has 2 N–H and O–H groups in total. The second-order valence-electron chi connectivity index (χ2n) is 19.1. The van der Waals surface area contributed by atoms with Crippen molar-refractivity contribution in [2.24, 2.45) is 11.8 Å². The lowest BCUT2D eigenvalue weighted by Crippen LogP contribution is -2.39. The zero-order valence-electron chi connectivity index (χ0n) is 43.8. The zero-order chi connectivity index (χ0) is 51.6. The van der Waals surface area contributed by atoms with Crippen molar-refractivity contribution in [3.8, 4) is 23.1 Å². The first-order valence-electron chi connectivity index (χ1n) is 25.2. The molecule has 0 radical (unpaired) electrons. The van der Waals surface area contributed by atoms with Crippen molar-refractivity contribution in [3.63, 3.8) is 0 Å². The highest BCUT2D eigenvalue weighted by Gasteiger charge is 2.25. The normalized spacial score (nSPS) is 14.0. The lowest BCUT2D eigenvalue weighted by Gasteiger charge is -2.32. The van der Waals surface area contributed by atoms with Gasteiger partial charge in [0, 0.05) is 37.3 Å². The molecule has 0 unspecified atom stereocenters. The van der Waals surface area contributed by atoms with Gasteiger partial charge in [0.05, 0.1) is 25.6 Å². The van der Waals surface area contributed by atoms with Crippen molar-refractivity contribution in [1.29, 1.82) is 0 Å². The van der Waals surface area contributed by atoms with Crippen LogP contribution in [0.1, 0.15) is 95.2 Å². The summed E-state index contributed by atoms with van der Waals surface area (Å²) in [6.07, 6.45) is 8.62. The molecule has 2 fully saturated rings. The molecule has 20 heteroatoms. The summed E-state index contributed by atoms with van der Waals surface area (Å²) in [4.78, 5) is 25.8. The molecule has 8 aromatic rings. The molecule has 10 rings (SSSR count). The van der Waals surface area contributed by atoms with Gasteiger partial charge in [-0.2, -0.15) is 19.2 Å². The van der Waals surface area contributed by atoms with Crippen LogP contribution >= 0.6 is 12.4 Å². The van der Waals surface area contributed by atoms with Crippen molar-refractivity contribution in [2.45, 2.75) is 106 Å². The SMILES string of the molecule is COc1cccc(CC2CCN(C(=O)CCc3c(C)nn(-c4ccc5nnc(C)n5n4)c3C)CC2)c1.COc1cccc(CC2CCNCC2)c1.Cc1nn(-c2ccc3nnc(C)n3n2)c(C)c1CCC(=O)O.Cl. The highest BCUT2D eigenvalue weighted by molar-refractivity contribution is 5.85. The van der Waals surface area contributed by atoms with Crippen molar-refractivity contribution in [1.82, 2.24) is 69.4 Å². The highest BCUT2D eigenvalue weighted by Crippen LogP contribution is 2.26. The standard InChI is InChI=1S/C27H33N7O2.C14H16N6O2.C13H19NO.ClH/c1-18-24(19(2)33(30-18)26-10-9-25-29-28-20(3)34(25)31-26)8-11-27(35)32-14-12-21(13-15-32)16-22-6-5-7-23(17-22)36-4;1-8-11(4-7-14(21)22)9(2)19(17-8)13-6-5-12-16-15-10(3)20(12)18-13;1-15-13-4-2-3-12(10-13)9-11-5-7-14-8-6-11;/h5-7,9-10,17,21H,8,11-16H2,1-4H3;5-6H,4,7H2,1-3H3,(H,21,22);2-4,10-11,14H,5-9H2,1H3;1H. The van der Waals surface area contributed by atoms with Gasteiger partial charge in [0.15, 0.2) is 34.6 Å². The summed E-state index contributed by atoms with van der Waals surface area (Å²) < 4.78 is 17.5. The summed E-state index contributed by atoms with van der Waals surface area (Å²) in [6.45, 7) is 15.5. The van der Waals surface area contributed by atoms with E-state index in [1.165, 1.54) is 43.5 Å². The Morgan fingerprint density at radius 3 is 1.53 bits per heavy atom. The number of halogens is 1. The maximum Gasteiger partial charge on any atom is 0.303 e. The Bertz CT molecular complexity index is 3170. The molecular formula is C54H69ClN14O5. The summed E-state index contributed by atoms with van der Waals surface area (Å²) in [5.41, 5.74) is 9.80. The average Bonchev–Trinajstić information content (AvgIpc) is 4.14. The predicted octanol–water partition coefficient (Wildman–Crippen LogP) is 7.57. The maximum absolute atomic E-state index is 13.0. The number of fused-ring (bicyclic) bond motifs is 2. The van der Waals surface area contributed by atoms with Crippen LogP contribution in [-0.4, -0.2) is 121 Å². The van der Waals surface area contributed by atoms with Gasteiger partial charge >= 0.3 is 5.97 Å². The Kier molecular flexibility index (Phi) is 18.5. The van der Waals surface area contributed by atoms with Gasteiger partial charge in [-0.25, -0.2) is 9.36 Å². The minimum Gasteiger partial charge on any atom is -0.497 e. The molecule has 0 saturated carbocycles. The van der Waals surface area contributed by atoms with Gasteiger partial charge in [-0.05, 0) is 189 Å². The molecule has 2 saturated heterocycles. The molecule has 0 aliphatic carbocycles. The van der Waals surface area contributed by atoms with E-state index < -0.39 is 5.97 Å². The van der Waals surface area contributed by atoms with E-state index in [0.717, 1.165) is 89.5 Å². The number of carboxylic acid groups (broad SMARTS) is 1. The van der Waals surface area contributed by atoms with Gasteiger partial charge in [-0.15, -0.1) is 43.0 Å². The van der Waals surface area contributed by atoms with Crippen LogP contribution in [0, 0.1) is 53.4 Å². The first-order chi connectivity index (χ1) is 35.3. The van der Waals surface area contributed by atoms with E-state index in [2.05, 4.69) is 71.3 Å². The lowest BCUT2D eigenvalue weighted by atomic mass is 9.90. The first-order valence-corrected chi connectivity index (χ1v) is 25.2. The number of piperidine rings is 2. The molecule has 0 bridgehead atoms. The van der Waals surface area contributed by atoms with Crippen LogP contribution in [0.2, 0.25) is 0 Å². The van der Waals surface area contributed by atoms with Crippen LogP contribution in [0.5, 0.6) is 11.5 Å². The number of aryl methyl sites for hydroxylation is 4. The molecule has 2 aliphatic rings. The van der Waals surface area contributed by atoms with Crippen molar-refractivity contribution in [2.75, 3.05) is 40.4 Å². The summed E-state index contributed by atoms with van der Waals surface area (Å²) in [5, 5.41) is 46.7. The number of methoxy groups -OCH3 is 2. The second kappa shape index (κ2) is 25.1. The molecule has 6 aromatic heterocycles. The van der Waals surface area contributed by atoms with E-state index in [0.29, 0.717) is 53.9 Å². The number of carbonyl (C=O) groups is 2. The van der Waals surface area contributed by atoms with Crippen LogP contribution < -0.4 is 14.8 Å². The third kappa shape index (κ3) is 13.3. The predicted molar refractivity (Wildman–Crippen MR) is 284 cm³/mol. The molecule has 0 atom stereocenters. The molecule has 1 amide bonds. The van der Waals surface area contributed by atoms with Crippen molar-refractivity contribution >= 4 is 35.6 Å². The van der Waals surface area contributed by atoms with Crippen molar-refractivity contribution in [3.05, 3.63) is 129 Å². The molecular weight excluding hydrogens is 960 g/mol. The molecule has 0 spiro atoms. The smallest absolute Gasteiger partial charge is 0.303 e. The molecule has 8 heterocycles. The minimum absolute atomic E-state index is 0. The number of rotatable bonds is 14. The Hall–Kier alpha value is -7.25. The summed E-state index contributed by atoms with van der Waals surface area (Å²) >= 11 is 0. The number of carboxylic acids is 1. The summed E-state index contributed by atoms with van der Waals surface area (Å²) in [5.74, 6) is 5.52. The third-order valence-corrected chi connectivity index (χ3v) is 14.0. The minimum atomic E-state index is -0.814. The number of nitrogens with zero attached hydrogens (tertiary/aromatic N) is 13. The van der Waals surface area contributed by atoms with Gasteiger partial charge in [0.25, 0.3) is 0 Å². The number of benzene rings is 2. The Labute approximate surface area is 438 Å². The fraction of sp³-hybridized carbons (Fsp3) is 0.444. The monoisotopic (exact) mass is 1030 g/mol. The van der Waals surface area contributed by atoms with Gasteiger partial charge in [-0.1, -0.05) is 24.3 Å². The van der Waals surface area contributed by atoms with Crippen molar-refractivity contribution < 1.29 is 24.2 Å². The quantitative estimate of drug-likeness (QED) is 0.108. The van der Waals surface area contributed by atoms with E-state index in [-0.39, 0.29) is 24.7 Å². The number of nitrogens with one attached hydrogen (secondary N) is 1. The van der Waals surface area contributed by atoms with E-state index >= 15 is 0 Å². The highest BCUT2D eigenvalue weighted by atomic mass is 35.5. The van der Waals surface area contributed by atoms with E-state index in [1.807, 2.05) is 93.6 Å². The van der Waals surface area contributed by atoms with Gasteiger partial charge in [-0.3, -0.25) is 9.59 Å². The van der Waals surface area contributed by atoms with Gasteiger partial charge < -0.3 is 24.8 Å². The fourth-order valence-electron chi connectivity index (χ4n) is 9.88. The van der Waals surface area contributed by atoms with E-state index in [1.54, 1.807) is 27.9 Å². The zero-order valence-corrected chi connectivity index (χ0v) is 44.6. The Morgan fingerprint density at radius 2 is 1.07 bits per heavy atom. The fourth-order valence-corrected chi connectivity index (χ4v) is 9.88. The van der Waals surface area contributed by atoms with E-state index in [4.69, 9.17) is 19.7 Å². The number of likely N-dealkylation sites (tertiary alicyclic amines) is 1. The van der Waals surface area contributed by atoms with Crippen LogP contribution in [0.25, 0.3) is 22.9 Å². The number of aromatic nitrogens is 12. The van der Waals surface area contributed by atoms with Gasteiger partial charge in [0.1, 0.15) is 11.5 Å². The van der Waals surface area contributed by atoms with Crippen LogP contribution in [0.3, 0.4) is 0 Å². The van der Waals surface area contributed by atoms with Gasteiger partial charge in [0.2, 0.25) is 5.91 Å². The average molecular weight is 1030 g/mol. The number of amides is 1. The largest absolute Gasteiger partial charge is 0.497 e. The number of hydrogen-bond donors (Lipinski definition) is 2. The first kappa shape index (κ1) is 54.5. The van der Waals surface area contributed by atoms with Crippen LogP contribution in [-0.2, 0) is 35.3 Å². The molecule has 74 heavy (non-hydrogen) atoms. The van der Waals surface area contributed by atoms with Crippen LogP contribution in [0.4, 0.5) is 0 Å².